The van der Waals surface area contributed by atoms with Gasteiger partial charge in [0, 0.05) is 25.2 Å². The molecular formula is C19H20N2O5. The second kappa shape index (κ2) is 8.07. The van der Waals surface area contributed by atoms with Gasteiger partial charge >= 0.3 is 0 Å². The van der Waals surface area contributed by atoms with Gasteiger partial charge in [-0.05, 0) is 36.2 Å². The third-order valence-electron chi connectivity index (χ3n) is 4.34. The lowest BCUT2D eigenvalue weighted by Gasteiger charge is -2.16. The number of aliphatic hydroxyl groups is 1. The van der Waals surface area contributed by atoms with Crippen LogP contribution < -0.4 is 4.74 Å². The second-order valence-electron chi connectivity index (χ2n) is 6.31. The Bertz CT molecular complexity index is 791. The maximum absolute atomic E-state index is 12.6. The molecule has 2 aromatic rings. The lowest BCUT2D eigenvalue weighted by molar-refractivity contribution is -0.384. The van der Waals surface area contributed by atoms with Crippen LogP contribution in [0.15, 0.2) is 48.5 Å². The molecule has 0 amide bonds. The molecule has 0 bridgehead atoms. The van der Waals surface area contributed by atoms with E-state index in [0.717, 1.165) is 5.56 Å². The normalized spacial score (nSPS) is 17.2. The smallest absolute Gasteiger partial charge is 0.269 e. The minimum Gasteiger partial charge on any atom is -0.488 e. The molecule has 0 saturated carbocycles. The summed E-state index contributed by atoms with van der Waals surface area (Å²) >= 11 is 0. The number of ether oxygens (including phenoxy) is 1. The minimum absolute atomic E-state index is 0.0251. The topological polar surface area (TPSA) is 92.9 Å². The number of hydrogen-bond donors (Lipinski definition) is 1. The van der Waals surface area contributed by atoms with Gasteiger partial charge in [-0.3, -0.25) is 19.8 Å². The number of nitro groups is 1. The van der Waals surface area contributed by atoms with Crippen LogP contribution in [0.2, 0.25) is 0 Å². The van der Waals surface area contributed by atoms with Crippen molar-refractivity contribution in [3.05, 3.63) is 69.8 Å². The molecular weight excluding hydrogens is 336 g/mol. The summed E-state index contributed by atoms with van der Waals surface area (Å²) in [6, 6.07) is 13.1. The Morgan fingerprint density at radius 2 is 1.96 bits per heavy atom. The monoisotopic (exact) mass is 356 g/mol. The molecule has 26 heavy (non-hydrogen) atoms. The quantitative estimate of drug-likeness (QED) is 0.465. The van der Waals surface area contributed by atoms with Crippen LogP contribution in [0.4, 0.5) is 5.69 Å². The minimum atomic E-state index is -0.450. The highest BCUT2D eigenvalue weighted by molar-refractivity contribution is 6.00. The van der Waals surface area contributed by atoms with Crippen LogP contribution in [0, 0.1) is 10.1 Å². The first kappa shape index (κ1) is 18.0. The zero-order chi connectivity index (χ0) is 18.5. The van der Waals surface area contributed by atoms with E-state index in [1.807, 2.05) is 4.90 Å². The Hall–Kier alpha value is -2.77. The van der Waals surface area contributed by atoms with Gasteiger partial charge in [0.15, 0.2) is 5.78 Å². The summed E-state index contributed by atoms with van der Waals surface area (Å²) in [5.41, 5.74) is 1.30. The fourth-order valence-corrected chi connectivity index (χ4v) is 2.94. The standard InChI is InChI=1S/C19H20N2O5/c22-16-9-10-20(11-16)12-18(23)17-3-1-2-4-19(17)26-13-14-5-7-15(8-6-14)21(24)25/h1-8,16,22H,9-13H2. The Labute approximate surface area is 151 Å². The highest BCUT2D eigenvalue weighted by Gasteiger charge is 2.23. The molecule has 1 N–H and O–H groups in total. The second-order valence-corrected chi connectivity index (χ2v) is 6.31. The summed E-state index contributed by atoms with van der Waals surface area (Å²) in [6.45, 7) is 1.68. The van der Waals surface area contributed by atoms with Crippen LogP contribution >= 0.6 is 0 Å². The van der Waals surface area contributed by atoms with Crippen molar-refractivity contribution in [1.82, 2.24) is 4.90 Å². The number of rotatable bonds is 7. The van der Waals surface area contributed by atoms with E-state index >= 15 is 0 Å². The Balaban J connectivity index is 1.65. The molecule has 0 aromatic heterocycles. The van der Waals surface area contributed by atoms with E-state index in [4.69, 9.17) is 4.74 Å². The number of carbonyl (C=O) groups excluding carboxylic acids is 1. The predicted molar refractivity (Wildman–Crippen MR) is 95.3 cm³/mol. The number of para-hydroxylation sites is 1. The largest absolute Gasteiger partial charge is 0.488 e. The van der Waals surface area contributed by atoms with Gasteiger partial charge in [-0.25, -0.2) is 0 Å². The van der Waals surface area contributed by atoms with Crippen molar-refractivity contribution in [3.63, 3.8) is 0 Å². The molecule has 0 aliphatic carbocycles. The third kappa shape index (κ3) is 4.44. The first-order valence-electron chi connectivity index (χ1n) is 8.41. The van der Waals surface area contributed by atoms with Crippen LogP contribution in [0.3, 0.4) is 0 Å². The number of β-amino-alcohol motifs (C(OH)–C–C–N with tert-alkyl or cyclic N) is 1. The molecule has 1 fully saturated rings. The molecule has 2 aromatic carbocycles. The van der Waals surface area contributed by atoms with Crippen LogP contribution in [0.25, 0.3) is 0 Å². The maximum Gasteiger partial charge on any atom is 0.269 e. The molecule has 1 aliphatic rings. The summed E-state index contributed by atoms with van der Waals surface area (Å²) in [5.74, 6) is 0.425. The lowest BCUT2D eigenvalue weighted by Crippen LogP contribution is -2.28. The molecule has 1 aliphatic heterocycles. The van der Waals surface area contributed by atoms with Crippen molar-refractivity contribution in [1.29, 1.82) is 0 Å². The van der Waals surface area contributed by atoms with Gasteiger partial charge in [-0.2, -0.15) is 0 Å². The van der Waals surface area contributed by atoms with E-state index in [1.165, 1.54) is 12.1 Å². The van der Waals surface area contributed by atoms with Crippen molar-refractivity contribution in [3.8, 4) is 5.75 Å². The number of non-ortho nitro benzene ring substituents is 1. The molecule has 1 atom stereocenters. The first-order chi connectivity index (χ1) is 12.5. The number of nitrogens with zero attached hydrogens (tertiary/aromatic N) is 2. The third-order valence-corrected chi connectivity index (χ3v) is 4.34. The van der Waals surface area contributed by atoms with Gasteiger partial charge in [0.2, 0.25) is 0 Å². The molecule has 0 radical (unpaired) electrons. The number of Topliss-reactive ketones (excluding diaryl/α,β-unsaturated/α-hetero) is 1. The first-order valence-corrected chi connectivity index (χ1v) is 8.41. The number of ketones is 1. The Morgan fingerprint density at radius 3 is 2.62 bits per heavy atom. The van der Waals surface area contributed by atoms with Crippen molar-refractivity contribution < 1.29 is 19.6 Å². The average Bonchev–Trinajstić information content (AvgIpc) is 3.05. The molecule has 7 nitrogen and oxygen atoms in total. The summed E-state index contributed by atoms with van der Waals surface area (Å²) in [5, 5.41) is 20.3. The van der Waals surface area contributed by atoms with Crippen molar-refractivity contribution in [2.24, 2.45) is 0 Å². The molecule has 1 unspecified atom stereocenters. The molecule has 136 valence electrons. The molecule has 1 saturated heterocycles. The summed E-state index contributed by atoms with van der Waals surface area (Å²) < 4.78 is 5.77. The van der Waals surface area contributed by atoms with Crippen LogP contribution in [0.1, 0.15) is 22.3 Å². The van der Waals surface area contributed by atoms with E-state index < -0.39 is 4.92 Å². The van der Waals surface area contributed by atoms with Crippen LogP contribution in [-0.2, 0) is 6.61 Å². The summed E-state index contributed by atoms with van der Waals surface area (Å²) in [4.78, 5) is 24.8. The van der Waals surface area contributed by atoms with Crippen molar-refractivity contribution >= 4 is 11.5 Å². The SMILES string of the molecule is O=C(CN1CCC(O)C1)c1ccccc1OCc1ccc([N+](=O)[O-])cc1. The maximum atomic E-state index is 12.6. The van der Waals surface area contributed by atoms with E-state index in [-0.39, 0.29) is 30.7 Å². The number of hydrogen-bond acceptors (Lipinski definition) is 6. The van der Waals surface area contributed by atoms with E-state index in [2.05, 4.69) is 0 Å². The number of aliphatic hydroxyl groups excluding tert-OH is 1. The van der Waals surface area contributed by atoms with E-state index in [1.54, 1.807) is 36.4 Å². The molecule has 3 rings (SSSR count). The fraction of sp³-hybridized carbons (Fsp3) is 0.316. The zero-order valence-electron chi connectivity index (χ0n) is 14.2. The Morgan fingerprint density at radius 1 is 1.23 bits per heavy atom. The lowest BCUT2D eigenvalue weighted by atomic mass is 10.1. The van der Waals surface area contributed by atoms with E-state index in [0.29, 0.717) is 30.8 Å². The van der Waals surface area contributed by atoms with Gasteiger partial charge in [-0.15, -0.1) is 0 Å². The highest BCUT2D eigenvalue weighted by Crippen LogP contribution is 2.22. The fourth-order valence-electron chi connectivity index (χ4n) is 2.94. The zero-order valence-corrected chi connectivity index (χ0v) is 14.2. The van der Waals surface area contributed by atoms with Gasteiger partial charge < -0.3 is 9.84 Å². The predicted octanol–water partition coefficient (Wildman–Crippen LogP) is 2.42. The number of nitro benzene ring substituents is 1. The summed E-state index contributed by atoms with van der Waals surface area (Å²) in [7, 11) is 0. The van der Waals surface area contributed by atoms with Crippen molar-refractivity contribution in [2.45, 2.75) is 19.1 Å². The van der Waals surface area contributed by atoms with Crippen LogP contribution in [-0.4, -0.2) is 46.5 Å². The van der Waals surface area contributed by atoms with Crippen LogP contribution in [0.5, 0.6) is 5.75 Å². The number of carbonyl (C=O) groups is 1. The van der Waals surface area contributed by atoms with E-state index in [9.17, 15) is 20.0 Å². The summed E-state index contributed by atoms with van der Waals surface area (Å²) in [6.07, 6.45) is 0.322. The highest BCUT2D eigenvalue weighted by atomic mass is 16.6. The average molecular weight is 356 g/mol. The number of likely N-dealkylation sites (tertiary alicyclic amines) is 1. The van der Waals surface area contributed by atoms with Gasteiger partial charge in [0.1, 0.15) is 12.4 Å². The number of benzene rings is 2. The van der Waals surface area contributed by atoms with Gasteiger partial charge in [0.25, 0.3) is 5.69 Å². The molecule has 1 heterocycles. The molecule has 7 heteroatoms. The molecule has 0 spiro atoms. The van der Waals surface area contributed by atoms with Crippen molar-refractivity contribution in [2.75, 3.05) is 19.6 Å². The van der Waals surface area contributed by atoms with Gasteiger partial charge in [-0.1, -0.05) is 12.1 Å². The van der Waals surface area contributed by atoms with Gasteiger partial charge in [0.05, 0.1) is 23.1 Å². The Kier molecular flexibility index (Phi) is 5.60.